The fraction of sp³-hybridized carbons (Fsp3) is 0.308. The van der Waals surface area contributed by atoms with Gasteiger partial charge in [-0.3, -0.25) is 4.79 Å². The zero-order chi connectivity index (χ0) is 9.80. The summed E-state index contributed by atoms with van der Waals surface area (Å²) in [5, 5.41) is 0. The Morgan fingerprint density at radius 2 is 1.67 bits per heavy atom. The van der Waals surface area contributed by atoms with Crippen LogP contribution in [0.3, 0.4) is 0 Å². The normalized spacial score (nSPS) is 18.7. The van der Waals surface area contributed by atoms with Crippen LogP contribution in [0.5, 0.6) is 0 Å². The molecule has 1 saturated carbocycles. The molecular formula is C13H17NO. The van der Waals surface area contributed by atoms with Crippen molar-refractivity contribution in [3.05, 3.63) is 41.5 Å². The van der Waals surface area contributed by atoms with Crippen LogP contribution in [0.15, 0.2) is 35.9 Å². The fourth-order valence-corrected chi connectivity index (χ4v) is 1.80. The maximum absolute atomic E-state index is 11.5. The van der Waals surface area contributed by atoms with Gasteiger partial charge in [-0.2, -0.15) is 0 Å². The first-order valence-corrected chi connectivity index (χ1v) is 5.15. The van der Waals surface area contributed by atoms with E-state index in [2.05, 4.69) is 0 Å². The second kappa shape index (κ2) is 5.47. The summed E-state index contributed by atoms with van der Waals surface area (Å²) >= 11 is 0. The lowest BCUT2D eigenvalue weighted by atomic mass is 9.92. The molecule has 0 unspecified atom stereocenters. The lowest BCUT2D eigenvalue weighted by Crippen LogP contribution is -2.07. The maximum atomic E-state index is 11.5. The molecule has 15 heavy (non-hydrogen) atoms. The summed E-state index contributed by atoms with van der Waals surface area (Å²) in [7, 11) is 0. The maximum Gasteiger partial charge on any atom is 0.158 e. The van der Waals surface area contributed by atoms with E-state index in [-0.39, 0.29) is 6.15 Å². The molecule has 1 aliphatic carbocycles. The van der Waals surface area contributed by atoms with E-state index in [4.69, 9.17) is 0 Å². The van der Waals surface area contributed by atoms with Gasteiger partial charge in [-0.05, 0) is 36.5 Å². The lowest BCUT2D eigenvalue weighted by molar-refractivity contribution is -0.116. The second-order valence-corrected chi connectivity index (χ2v) is 3.71. The molecule has 0 amide bonds. The molecule has 0 spiro atoms. The Kier molecular flexibility index (Phi) is 4.25. The number of ketones is 1. The first-order chi connectivity index (χ1) is 6.86. The molecule has 0 saturated heterocycles. The van der Waals surface area contributed by atoms with E-state index in [1.165, 1.54) is 0 Å². The van der Waals surface area contributed by atoms with Gasteiger partial charge in [0.15, 0.2) is 5.78 Å². The third-order valence-corrected chi connectivity index (χ3v) is 2.60. The predicted octanol–water partition coefficient (Wildman–Crippen LogP) is 3.38. The quantitative estimate of drug-likeness (QED) is 0.711. The van der Waals surface area contributed by atoms with E-state index in [0.717, 1.165) is 36.8 Å². The first kappa shape index (κ1) is 11.7. The van der Waals surface area contributed by atoms with Crippen LogP contribution < -0.4 is 6.15 Å². The van der Waals surface area contributed by atoms with Gasteiger partial charge in [0.2, 0.25) is 0 Å². The third-order valence-electron chi connectivity index (χ3n) is 2.60. The van der Waals surface area contributed by atoms with E-state index >= 15 is 0 Å². The van der Waals surface area contributed by atoms with E-state index in [0.29, 0.717) is 5.78 Å². The molecule has 1 fully saturated rings. The molecule has 0 atom stereocenters. The van der Waals surface area contributed by atoms with Crippen molar-refractivity contribution in [2.24, 2.45) is 0 Å². The number of hydrogen-bond acceptors (Lipinski definition) is 2. The van der Waals surface area contributed by atoms with Gasteiger partial charge in [0.05, 0.1) is 0 Å². The molecule has 0 aromatic heterocycles. The van der Waals surface area contributed by atoms with Crippen LogP contribution in [0.1, 0.15) is 31.2 Å². The molecule has 0 aliphatic heterocycles. The largest absolute Gasteiger partial charge is 0.344 e. The molecule has 0 heterocycles. The molecule has 1 aliphatic rings. The SMILES string of the molecule is N.O=C1CCCCC1=Cc1ccccc1. The molecule has 0 radical (unpaired) electrons. The first-order valence-electron chi connectivity index (χ1n) is 5.15. The second-order valence-electron chi connectivity index (χ2n) is 3.71. The van der Waals surface area contributed by atoms with Gasteiger partial charge in [-0.15, -0.1) is 0 Å². The Hall–Kier alpha value is -1.41. The van der Waals surface area contributed by atoms with Gasteiger partial charge in [0.1, 0.15) is 0 Å². The van der Waals surface area contributed by atoms with Crippen molar-refractivity contribution < 1.29 is 4.79 Å². The summed E-state index contributed by atoms with van der Waals surface area (Å²) in [5.74, 6) is 0.333. The number of rotatable bonds is 1. The molecule has 2 heteroatoms. The lowest BCUT2D eigenvalue weighted by Gasteiger charge is -2.12. The third kappa shape index (κ3) is 3.03. The highest BCUT2D eigenvalue weighted by atomic mass is 16.1. The van der Waals surface area contributed by atoms with Crippen molar-refractivity contribution >= 4 is 11.9 Å². The molecule has 80 valence electrons. The summed E-state index contributed by atoms with van der Waals surface area (Å²) in [5.41, 5.74) is 2.14. The minimum Gasteiger partial charge on any atom is -0.344 e. The van der Waals surface area contributed by atoms with Crippen LogP contribution >= 0.6 is 0 Å². The number of allylic oxidation sites excluding steroid dienone is 1. The smallest absolute Gasteiger partial charge is 0.158 e. The van der Waals surface area contributed by atoms with Crippen molar-refractivity contribution in [3.63, 3.8) is 0 Å². The van der Waals surface area contributed by atoms with Crippen molar-refractivity contribution in [1.82, 2.24) is 6.15 Å². The standard InChI is InChI=1S/C13H14O.H3N/c14-13-9-5-4-8-12(13)10-11-6-2-1-3-7-11;/h1-3,6-7,10H,4-5,8-9H2;1H3. The molecule has 1 aromatic carbocycles. The number of carbonyl (C=O) groups excluding carboxylic acids is 1. The average Bonchev–Trinajstić information content (AvgIpc) is 2.23. The molecule has 3 N–H and O–H groups in total. The number of carbonyl (C=O) groups is 1. The minimum atomic E-state index is 0. The van der Waals surface area contributed by atoms with Crippen molar-refractivity contribution in [2.75, 3.05) is 0 Å². The summed E-state index contributed by atoms with van der Waals surface area (Å²) in [6, 6.07) is 10.1. The van der Waals surface area contributed by atoms with Gasteiger partial charge in [-0.25, -0.2) is 0 Å². The zero-order valence-corrected chi connectivity index (χ0v) is 8.91. The highest BCUT2D eigenvalue weighted by Crippen LogP contribution is 2.21. The molecule has 2 rings (SSSR count). The van der Waals surface area contributed by atoms with E-state index < -0.39 is 0 Å². The highest BCUT2D eigenvalue weighted by Gasteiger charge is 2.14. The van der Waals surface area contributed by atoms with Crippen molar-refractivity contribution in [3.8, 4) is 0 Å². The van der Waals surface area contributed by atoms with Gasteiger partial charge in [0, 0.05) is 6.42 Å². The molecule has 1 aromatic rings. The van der Waals surface area contributed by atoms with Gasteiger partial charge >= 0.3 is 0 Å². The van der Waals surface area contributed by atoms with Crippen molar-refractivity contribution in [2.45, 2.75) is 25.7 Å². The van der Waals surface area contributed by atoms with Crippen LogP contribution in [0.2, 0.25) is 0 Å². The van der Waals surface area contributed by atoms with Crippen LogP contribution in [-0.2, 0) is 4.79 Å². The van der Waals surface area contributed by atoms with E-state index in [9.17, 15) is 4.79 Å². The predicted molar refractivity (Wildman–Crippen MR) is 62.9 cm³/mol. The van der Waals surface area contributed by atoms with Crippen LogP contribution in [0, 0.1) is 0 Å². The molecule has 2 nitrogen and oxygen atoms in total. The Labute approximate surface area is 90.6 Å². The number of benzene rings is 1. The Balaban J connectivity index is 0.00000112. The van der Waals surface area contributed by atoms with Gasteiger partial charge in [0.25, 0.3) is 0 Å². The highest BCUT2D eigenvalue weighted by molar-refractivity contribution is 6.00. The number of Topliss-reactive ketones (excluding diaryl/α,β-unsaturated/α-hetero) is 1. The zero-order valence-electron chi connectivity index (χ0n) is 8.91. The van der Waals surface area contributed by atoms with E-state index in [1.807, 2.05) is 36.4 Å². The molecule has 0 bridgehead atoms. The number of hydrogen-bond donors (Lipinski definition) is 1. The monoisotopic (exact) mass is 203 g/mol. The van der Waals surface area contributed by atoms with Crippen LogP contribution in [0.25, 0.3) is 6.08 Å². The van der Waals surface area contributed by atoms with Gasteiger partial charge < -0.3 is 6.15 Å². The fourth-order valence-electron chi connectivity index (χ4n) is 1.80. The van der Waals surface area contributed by atoms with Gasteiger partial charge in [-0.1, -0.05) is 30.3 Å². The van der Waals surface area contributed by atoms with E-state index in [1.54, 1.807) is 0 Å². The average molecular weight is 203 g/mol. The summed E-state index contributed by atoms with van der Waals surface area (Å²) < 4.78 is 0. The van der Waals surface area contributed by atoms with Crippen LogP contribution in [-0.4, -0.2) is 5.78 Å². The van der Waals surface area contributed by atoms with Crippen molar-refractivity contribution in [1.29, 1.82) is 0 Å². The molecular weight excluding hydrogens is 186 g/mol. The Morgan fingerprint density at radius 1 is 1.00 bits per heavy atom. The summed E-state index contributed by atoms with van der Waals surface area (Å²) in [6.07, 6.45) is 5.93. The Bertz CT molecular complexity index is 354. The Morgan fingerprint density at radius 3 is 2.33 bits per heavy atom. The van der Waals surface area contributed by atoms with Crippen LogP contribution in [0.4, 0.5) is 0 Å². The summed E-state index contributed by atoms with van der Waals surface area (Å²) in [4.78, 5) is 11.5. The topological polar surface area (TPSA) is 52.1 Å². The minimum absolute atomic E-state index is 0. The summed E-state index contributed by atoms with van der Waals surface area (Å²) in [6.45, 7) is 0.